The molecule has 90 valence electrons. The molecule has 0 amide bonds. The molecule has 0 aliphatic heterocycles. The summed E-state index contributed by atoms with van der Waals surface area (Å²) in [4.78, 5) is 11.2. The lowest BCUT2D eigenvalue weighted by Gasteiger charge is -2.21. The summed E-state index contributed by atoms with van der Waals surface area (Å²) < 4.78 is 0. The second kappa shape index (κ2) is 6.58. The van der Waals surface area contributed by atoms with E-state index in [2.05, 4.69) is 34.0 Å². The molecule has 0 radical (unpaired) electrons. The number of hydrogen-bond acceptors (Lipinski definition) is 5. The van der Waals surface area contributed by atoms with Crippen molar-refractivity contribution in [3.05, 3.63) is 6.07 Å². The first-order valence-corrected chi connectivity index (χ1v) is 6.83. The van der Waals surface area contributed by atoms with Crippen LogP contribution in [0.25, 0.3) is 0 Å². The Balaban J connectivity index is 3.00. The minimum absolute atomic E-state index is 0.816. The van der Waals surface area contributed by atoms with Gasteiger partial charge in [0.2, 0.25) is 0 Å². The summed E-state index contributed by atoms with van der Waals surface area (Å²) in [6, 6.07) is 2.00. The first-order valence-electron chi connectivity index (χ1n) is 5.60. The Bertz CT molecular complexity index is 308. The van der Waals surface area contributed by atoms with Crippen LogP contribution in [0.1, 0.15) is 20.3 Å². The van der Waals surface area contributed by atoms with E-state index in [1.165, 1.54) is 0 Å². The quantitative estimate of drug-likeness (QED) is 0.611. The normalized spacial score (nSPS) is 10.2. The predicted molar refractivity (Wildman–Crippen MR) is 71.5 cm³/mol. The molecule has 0 unspecified atom stereocenters. The lowest BCUT2D eigenvalue weighted by atomic mass is 10.4. The molecule has 0 aromatic carbocycles. The van der Waals surface area contributed by atoms with Gasteiger partial charge in [0.1, 0.15) is 11.6 Å². The lowest BCUT2D eigenvalue weighted by Crippen LogP contribution is -2.24. The van der Waals surface area contributed by atoms with Crippen molar-refractivity contribution in [2.45, 2.75) is 25.4 Å². The van der Waals surface area contributed by atoms with Gasteiger partial charge in [-0.1, -0.05) is 18.7 Å². The highest BCUT2D eigenvalue weighted by atomic mass is 32.2. The second-order valence-corrected chi connectivity index (χ2v) is 4.20. The highest BCUT2D eigenvalue weighted by molar-refractivity contribution is 7.98. The van der Waals surface area contributed by atoms with Crippen LogP contribution in [0.2, 0.25) is 0 Å². The molecule has 0 aliphatic carbocycles. The van der Waals surface area contributed by atoms with Crippen LogP contribution in [0.15, 0.2) is 11.2 Å². The third-order valence-electron chi connectivity index (χ3n) is 2.33. The standard InChI is InChI=1S/C11H20N4S/c1-5-7-15(6-2)10-8-9(12-3)13-11(14-10)16-4/h8H,5-7H2,1-4H3,(H,12,13,14). The van der Waals surface area contributed by atoms with E-state index in [9.17, 15) is 0 Å². The van der Waals surface area contributed by atoms with Crippen LogP contribution in [0.4, 0.5) is 11.6 Å². The van der Waals surface area contributed by atoms with Gasteiger partial charge in [0, 0.05) is 26.2 Å². The summed E-state index contributed by atoms with van der Waals surface area (Å²) in [5.74, 6) is 1.89. The zero-order chi connectivity index (χ0) is 12.0. The molecule has 1 aromatic rings. The number of hydrogen-bond donors (Lipinski definition) is 1. The predicted octanol–water partition coefficient (Wildman–Crippen LogP) is 2.48. The third-order valence-corrected chi connectivity index (χ3v) is 2.88. The van der Waals surface area contributed by atoms with Crippen LogP contribution in [0.3, 0.4) is 0 Å². The lowest BCUT2D eigenvalue weighted by molar-refractivity contribution is 0.765. The number of anilines is 2. The fraction of sp³-hybridized carbons (Fsp3) is 0.636. The summed E-state index contributed by atoms with van der Waals surface area (Å²) in [6.45, 7) is 6.33. The Labute approximate surface area is 102 Å². The van der Waals surface area contributed by atoms with Crippen LogP contribution < -0.4 is 10.2 Å². The number of nitrogens with zero attached hydrogens (tertiary/aromatic N) is 3. The average Bonchev–Trinajstić information content (AvgIpc) is 2.35. The van der Waals surface area contributed by atoms with Crippen LogP contribution in [-0.4, -0.2) is 36.4 Å². The van der Waals surface area contributed by atoms with Gasteiger partial charge < -0.3 is 10.2 Å². The van der Waals surface area contributed by atoms with Crippen molar-refractivity contribution in [3.8, 4) is 0 Å². The first kappa shape index (κ1) is 13.1. The van der Waals surface area contributed by atoms with Crippen LogP contribution in [0, 0.1) is 0 Å². The number of rotatable bonds is 6. The van der Waals surface area contributed by atoms with E-state index in [4.69, 9.17) is 0 Å². The molecule has 1 rings (SSSR count). The molecule has 0 saturated heterocycles. The third kappa shape index (κ3) is 3.27. The second-order valence-electron chi connectivity index (χ2n) is 3.43. The molecule has 5 heteroatoms. The molecule has 1 N–H and O–H groups in total. The maximum absolute atomic E-state index is 4.53. The minimum Gasteiger partial charge on any atom is -0.373 e. The summed E-state index contributed by atoms with van der Waals surface area (Å²) >= 11 is 1.57. The van der Waals surface area contributed by atoms with Gasteiger partial charge in [-0.2, -0.15) is 0 Å². The molecular formula is C11H20N4S. The average molecular weight is 240 g/mol. The largest absolute Gasteiger partial charge is 0.373 e. The molecule has 0 fully saturated rings. The number of thioether (sulfide) groups is 1. The molecule has 1 heterocycles. The minimum atomic E-state index is 0.816. The molecule has 0 bridgehead atoms. The van der Waals surface area contributed by atoms with Crippen molar-refractivity contribution in [1.29, 1.82) is 0 Å². The Morgan fingerprint density at radius 3 is 2.62 bits per heavy atom. The van der Waals surface area contributed by atoms with Gasteiger partial charge in [0.15, 0.2) is 5.16 Å². The topological polar surface area (TPSA) is 41.0 Å². The van der Waals surface area contributed by atoms with Crippen molar-refractivity contribution in [2.75, 3.05) is 36.6 Å². The van der Waals surface area contributed by atoms with Gasteiger partial charge in [-0.05, 0) is 19.6 Å². The smallest absolute Gasteiger partial charge is 0.191 e. The maximum Gasteiger partial charge on any atom is 0.191 e. The van der Waals surface area contributed by atoms with Gasteiger partial charge in [0.25, 0.3) is 0 Å². The summed E-state index contributed by atoms with van der Waals surface area (Å²) in [5.41, 5.74) is 0. The highest BCUT2D eigenvalue weighted by Gasteiger charge is 2.08. The number of aromatic nitrogens is 2. The van der Waals surface area contributed by atoms with Gasteiger partial charge >= 0.3 is 0 Å². The van der Waals surface area contributed by atoms with Crippen LogP contribution in [0.5, 0.6) is 0 Å². The summed E-state index contributed by atoms with van der Waals surface area (Å²) in [7, 11) is 1.88. The van der Waals surface area contributed by atoms with Crippen molar-refractivity contribution in [1.82, 2.24) is 9.97 Å². The van der Waals surface area contributed by atoms with Crippen molar-refractivity contribution < 1.29 is 0 Å². The van der Waals surface area contributed by atoms with E-state index in [1.807, 2.05) is 19.4 Å². The molecule has 0 spiro atoms. The molecule has 0 atom stereocenters. The van der Waals surface area contributed by atoms with Crippen LogP contribution in [-0.2, 0) is 0 Å². The van der Waals surface area contributed by atoms with E-state index in [-0.39, 0.29) is 0 Å². The fourth-order valence-corrected chi connectivity index (χ4v) is 1.87. The van der Waals surface area contributed by atoms with E-state index >= 15 is 0 Å². The SMILES string of the molecule is CCCN(CC)c1cc(NC)nc(SC)n1. The van der Waals surface area contributed by atoms with Crippen molar-refractivity contribution >= 4 is 23.4 Å². The van der Waals surface area contributed by atoms with Gasteiger partial charge in [-0.25, -0.2) is 9.97 Å². The molecule has 16 heavy (non-hydrogen) atoms. The zero-order valence-electron chi connectivity index (χ0n) is 10.4. The van der Waals surface area contributed by atoms with Gasteiger partial charge in [-0.3, -0.25) is 0 Å². The Hall–Kier alpha value is -0.970. The molecule has 0 saturated carbocycles. The monoisotopic (exact) mass is 240 g/mol. The Morgan fingerprint density at radius 1 is 1.38 bits per heavy atom. The van der Waals surface area contributed by atoms with Crippen molar-refractivity contribution in [2.24, 2.45) is 0 Å². The summed E-state index contributed by atoms with van der Waals surface area (Å²) in [5, 5.41) is 3.89. The molecule has 4 nitrogen and oxygen atoms in total. The molecular weight excluding hydrogens is 220 g/mol. The highest BCUT2D eigenvalue weighted by Crippen LogP contribution is 2.20. The van der Waals surface area contributed by atoms with Gasteiger partial charge in [-0.15, -0.1) is 0 Å². The molecule has 1 aromatic heterocycles. The van der Waals surface area contributed by atoms with E-state index in [0.29, 0.717) is 0 Å². The number of nitrogens with one attached hydrogen (secondary N) is 1. The van der Waals surface area contributed by atoms with Gasteiger partial charge in [0.05, 0.1) is 0 Å². The Kier molecular flexibility index (Phi) is 5.38. The maximum atomic E-state index is 4.53. The van der Waals surface area contributed by atoms with E-state index < -0.39 is 0 Å². The first-order chi connectivity index (χ1) is 7.74. The van der Waals surface area contributed by atoms with E-state index in [1.54, 1.807) is 11.8 Å². The fourth-order valence-electron chi connectivity index (χ4n) is 1.50. The molecule has 0 aliphatic rings. The van der Waals surface area contributed by atoms with E-state index in [0.717, 1.165) is 36.3 Å². The van der Waals surface area contributed by atoms with Crippen LogP contribution >= 0.6 is 11.8 Å². The summed E-state index contributed by atoms with van der Waals surface area (Å²) in [6.07, 6.45) is 3.12. The van der Waals surface area contributed by atoms with Crippen molar-refractivity contribution in [3.63, 3.8) is 0 Å². The zero-order valence-corrected chi connectivity index (χ0v) is 11.3. The Morgan fingerprint density at radius 2 is 2.12 bits per heavy atom.